The molecule has 0 aliphatic carbocycles. The van der Waals surface area contributed by atoms with E-state index in [9.17, 15) is 4.79 Å². The molecule has 0 fully saturated rings. The number of para-hydroxylation sites is 3. The first-order chi connectivity index (χ1) is 16.3. The molecule has 0 atom stereocenters. The summed E-state index contributed by atoms with van der Waals surface area (Å²) < 4.78 is 0. The minimum absolute atomic E-state index is 0.123. The number of carbonyl (C=O) groups is 1. The molecule has 4 heteroatoms. The first-order valence-electron chi connectivity index (χ1n) is 11.0. The van der Waals surface area contributed by atoms with E-state index in [0.29, 0.717) is 5.56 Å². The SMILES string of the molecule is O=C(NC1c2ccccc2Nc2ccccc21)c1cc(-c2ccccc2)nc2ccccc12. The summed E-state index contributed by atoms with van der Waals surface area (Å²) in [6.45, 7) is 0. The topological polar surface area (TPSA) is 54.0 Å². The third-order valence-corrected chi connectivity index (χ3v) is 6.12. The van der Waals surface area contributed by atoms with Gasteiger partial charge in [-0.2, -0.15) is 0 Å². The molecule has 0 unspecified atom stereocenters. The van der Waals surface area contributed by atoms with Gasteiger partial charge in [0.1, 0.15) is 0 Å². The molecule has 1 aliphatic heterocycles. The zero-order chi connectivity index (χ0) is 22.2. The quantitative estimate of drug-likeness (QED) is 0.347. The maximum Gasteiger partial charge on any atom is 0.252 e. The molecular formula is C29H21N3O. The average molecular weight is 428 g/mol. The standard InChI is InChI=1S/C29H21N3O/c33-29(32-28-21-13-5-8-16-25(21)30-26-17-9-6-14-22(26)28)23-18-27(19-10-2-1-3-11-19)31-24-15-7-4-12-20(23)24/h1-18,28,30H,(H,32,33). The zero-order valence-electron chi connectivity index (χ0n) is 17.8. The lowest BCUT2D eigenvalue weighted by Gasteiger charge is -2.30. The van der Waals surface area contributed by atoms with Gasteiger partial charge in [-0.15, -0.1) is 0 Å². The van der Waals surface area contributed by atoms with Gasteiger partial charge in [-0.1, -0.05) is 84.9 Å². The third-order valence-electron chi connectivity index (χ3n) is 6.12. The second-order valence-electron chi connectivity index (χ2n) is 8.14. The normalized spacial score (nSPS) is 12.5. The number of nitrogens with one attached hydrogen (secondary N) is 2. The van der Waals surface area contributed by atoms with Crippen LogP contribution in [-0.4, -0.2) is 10.9 Å². The van der Waals surface area contributed by atoms with E-state index in [1.165, 1.54) is 0 Å². The lowest BCUT2D eigenvalue weighted by molar-refractivity contribution is 0.0944. The summed E-state index contributed by atoms with van der Waals surface area (Å²) in [5.74, 6) is -0.123. The van der Waals surface area contributed by atoms with Crippen molar-refractivity contribution in [2.45, 2.75) is 6.04 Å². The Bertz CT molecular complexity index is 1450. The summed E-state index contributed by atoms with van der Waals surface area (Å²) in [5, 5.41) is 7.63. The van der Waals surface area contributed by atoms with Gasteiger partial charge in [-0.3, -0.25) is 4.79 Å². The highest BCUT2D eigenvalue weighted by Crippen LogP contribution is 2.39. The van der Waals surface area contributed by atoms with Crippen molar-refractivity contribution in [3.05, 3.63) is 126 Å². The van der Waals surface area contributed by atoms with Crippen LogP contribution in [0.15, 0.2) is 109 Å². The van der Waals surface area contributed by atoms with Crippen molar-refractivity contribution in [2.75, 3.05) is 5.32 Å². The number of benzene rings is 4. The van der Waals surface area contributed by atoms with Crippen LogP contribution >= 0.6 is 0 Å². The molecule has 0 bridgehead atoms. The molecule has 33 heavy (non-hydrogen) atoms. The number of hydrogen-bond acceptors (Lipinski definition) is 3. The summed E-state index contributed by atoms with van der Waals surface area (Å²) >= 11 is 0. The monoisotopic (exact) mass is 427 g/mol. The predicted octanol–water partition coefficient (Wildman–Crippen LogP) is 6.48. The highest BCUT2D eigenvalue weighted by Gasteiger charge is 2.27. The molecule has 0 radical (unpaired) electrons. The molecule has 4 aromatic carbocycles. The first kappa shape index (κ1) is 19.3. The number of rotatable bonds is 3. The van der Waals surface area contributed by atoms with E-state index in [0.717, 1.165) is 44.7 Å². The number of amides is 1. The second-order valence-corrected chi connectivity index (χ2v) is 8.14. The summed E-state index contributed by atoms with van der Waals surface area (Å²) in [4.78, 5) is 18.6. The van der Waals surface area contributed by atoms with Gasteiger partial charge in [0.25, 0.3) is 5.91 Å². The first-order valence-corrected chi connectivity index (χ1v) is 11.0. The van der Waals surface area contributed by atoms with E-state index in [1.54, 1.807) is 0 Å². The summed E-state index contributed by atoms with van der Waals surface area (Å²) in [5.41, 5.74) is 7.29. The number of hydrogen-bond donors (Lipinski definition) is 2. The Balaban J connectivity index is 1.46. The van der Waals surface area contributed by atoms with Crippen molar-refractivity contribution < 1.29 is 4.79 Å². The lowest BCUT2D eigenvalue weighted by Crippen LogP contribution is -2.32. The van der Waals surface area contributed by atoms with Crippen LogP contribution in [0.1, 0.15) is 27.5 Å². The fraction of sp³-hybridized carbons (Fsp3) is 0.0345. The Hall–Kier alpha value is -4.44. The Morgan fingerprint density at radius 1 is 0.727 bits per heavy atom. The maximum absolute atomic E-state index is 13.8. The average Bonchev–Trinajstić information content (AvgIpc) is 2.88. The molecule has 0 saturated carbocycles. The minimum atomic E-state index is -0.252. The minimum Gasteiger partial charge on any atom is -0.355 e. The largest absolute Gasteiger partial charge is 0.355 e. The van der Waals surface area contributed by atoms with Crippen molar-refractivity contribution in [2.24, 2.45) is 0 Å². The molecule has 4 nitrogen and oxygen atoms in total. The number of aromatic nitrogens is 1. The van der Waals surface area contributed by atoms with Crippen LogP contribution in [0, 0.1) is 0 Å². The Morgan fingerprint density at radius 3 is 2.06 bits per heavy atom. The van der Waals surface area contributed by atoms with Gasteiger partial charge in [-0.25, -0.2) is 4.98 Å². The Kier molecular flexibility index (Phi) is 4.62. The molecule has 1 amide bonds. The van der Waals surface area contributed by atoms with Crippen molar-refractivity contribution in [3.63, 3.8) is 0 Å². The van der Waals surface area contributed by atoms with Crippen LogP contribution in [0.4, 0.5) is 11.4 Å². The van der Waals surface area contributed by atoms with Crippen LogP contribution in [0.3, 0.4) is 0 Å². The molecule has 5 aromatic rings. The summed E-state index contributed by atoms with van der Waals surface area (Å²) in [7, 11) is 0. The third kappa shape index (κ3) is 3.42. The second kappa shape index (κ2) is 7.92. The molecule has 158 valence electrons. The number of nitrogens with zero attached hydrogens (tertiary/aromatic N) is 1. The summed E-state index contributed by atoms with van der Waals surface area (Å²) in [6, 6.07) is 35.6. The van der Waals surface area contributed by atoms with E-state index >= 15 is 0 Å². The van der Waals surface area contributed by atoms with Crippen molar-refractivity contribution >= 4 is 28.2 Å². The Labute approximate surface area is 191 Å². The van der Waals surface area contributed by atoms with Gasteiger partial charge in [-0.05, 0) is 24.3 Å². The van der Waals surface area contributed by atoms with E-state index in [4.69, 9.17) is 4.98 Å². The van der Waals surface area contributed by atoms with Crippen molar-refractivity contribution in [3.8, 4) is 11.3 Å². The van der Waals surface area contributed by atoms with E-state index < -0.39 is 0 Å². The maximum atomic E-state index is 13.8. The highest BCUT2D eigenvalue weighted by molar-refractivity contribution is 6.07. The van der Waals surface area contributed by atoms with Gasteiger partial charge in [0.15, 0.2) is 0 Å². The smallest absolute Gasteiger partial charge is 0.252 e. The predicted molar refractivity (Wildman–Crippen MR) is 133 cm³/mol. The number of carbonyl (C=O) groups excluding carboxylic acids is 1. The van der Waals surface area contributed by atoms with Crippen LogP contribution < -0.4 is 10.6 Å². The van der Waals surface area contributed by atoms with Crippen LogP contribution in [0.2, 0.25) is 0 Å². The van der Waals surface area contributed by atoms with Gasteiger partial charge >= 0.3 is 0 Å². The molecule has 1 aliphatic rings. The molecule has 1 aromatic heterocycles. The van der Waals surface area contributed by atoms with E-state index in [2.05, 4.69) is 22.8 Å². The summed E-state index contributed by atoms with van der Waals surface area (Å²) in [6.07, 6.45) is 0. The van der Waals surface area contributed by atoms with E-state index in [1.807, 2.05) is 97.1 Å². The van der Waals surface area contributed by atoms with Gasteiger partial charge in [0, 0.05) is 33.5 Å². The Morgan fingerprint density at radius 2 is 1.33 bits per heavy atom. The molecular weight excluding hydrogens is 406 g/mol. The molecule has 0 spiro atoms. The number of fused-ring (bicyclic) bond motifs is 3. The zero-order valence-corrected chi connectivity index (χ0v) is 17.8. The van der Waals surface area contributed by atoms with Gasteiger partial charge in [0.2, 0.25) is 0 Å². The molecule has 0 saturated heterocycles. The van der Waals surface area contributed by atoms with Crippen LogP contribution in [0.5, 0.6) is 0 Å². The van der Waals surface area contributed by atoms with Gasteiger partial charge in [0.05, 0.1) is 22.8 Å². The van der Waals surface area contributed by atoms with Crippen LogP contribution in [-0.2, 0) is 0 Å². The lowest BCUT2D eigenvalue weighted by atomic mass is 9.91. The molecule has 2 heterocycles. The van der Waals surface area contributed by atoms with Gasteiger partial charge < -0.3 is 10.6 Å². The highest BCUT2D eigenvalue weighted by atomic mass is 16.1. The number of pyridine rings is 1. The van der Waals surface area contributed by atoms with E-state index in [-0.39, 0.29) is 11.9 Å². The van der Waals surface area contributed by atoms with Crippen molar-refractivity contribution in [1.82, 2.24) is 10.3 Å². The fourth-order valence-corrected chi connectivity index (χ4v) is 4.52. The molecule has 2 N–H and O–H groups in total. The fourth-order valence-electron chi connectivity index (χ4n) is 4.52. The number of anilines is 2. The van der Waals surface area contributed by atoms with Crippen LogP contribution in [0.25, 0.3) is 22.2 Å². The molecule has 6 rings (SSSR count). The van der Waals surface area contributed by atoms with Crippen molar-refractivity contribution in [1.29, 1.82) is 0 Å².